The maximum absolute atomic E-state index is 12.4. The van der Waals surface area contributed by atoms with Gasteiger partial charge in [-0.05, 0) is 30.7 Å². The maximum atomic E-state index is 12.4. The van der Waals surface area contributed by atoms with Crippen LogP contribution >= 0.6 is 11.3 Å². The van der Waals surface area contributed by atoms with E-state index in [-0.39, 0.29) is 28.5 Å². The van der Waals surface area contributed by atoms with Gasteiger partial charge in [-0.1, -0.05) is 35.6 Å². The second-order valence-electron chi connectivity index (χ2n) is 6.07. The van der Waals surface area contributed by atoms with Crippen LogP contribution in [-0.2, 0) is 10.0 Å². The summed E-state index contributed by atoms with van der Waals surface area (Å²) in [5, 5.41) is 10.1. The number of hydrogen-bond donors (Lipinski definition) is 2. The quantitative estimate of drug-likeness (QED) is 0.381. The number of aromatic nitrogens is 2. The van der Waals surface area contributed by atoms with E-state index in [0.717, 1.165) is 16.9 Å². The first kappa shape index (κ1) is 21.7. The first-order valence-electron chi connectivity index (χ1n) is 8.86. The fourth-order valence-corrected chi connectivity index (χ4v) is 4.41. The van der Waals surface area contributed by atoms with Crippen molar-refractivity contribution in [1.82, 2.24) is 14.9 Å². The molecule has 0 aliphatic carbocycles. The summed E-state index contributed by atoms with van der Waals surface area (Å²) in [6.07, 6.45) is 0. The molecule has 2 aromatic carbocycles. The molecule has 0 atom stereocenters. The lowest BCUT2D eigenvalue weighted by atomic mass is 10.1. The summed E-state index contributed by atoms with van der Waals surface area (Å²) in [5.74, 6) is 0.820. The first-order valence-corrected chi connectivity index (χ1v) is 11.2. The van der Waals surface area contributed by atoms with Crippen molar-refractivity contribution in [3.8, 4) is 11.5 Å². The standard InChI is InChI=1S/C19H20N4O5S2/c1-13-6-3-4-9-16(13)17(24)21-18-22-23-19(29-18)30(25,26)20-10-11-28-15-8-5-7-14(12-15)27-2/h3-9,12,20H,10-11H2,1-2H3,(H,21,22,24). The minimum atomic E-state index is -3.88. The monoisotopic (exact) mass is 448 g/mol. The Morgan fingerprint density at radius 3 is 2.63 bits per heavy atom. The van der Waals surface area contributed by atoms with Gasteiger partial charge in [-0.15, -0.1) is 10.2 Å². The van der Waals surface area contributed by atoms with Crippen LogP contribution in [0, 0.1) is 6.92 Å². The number of rotatable bonds is 9. The van der Waals surface area contributed by atoms with E-state index in [2.05, 4.69) is 20.2 Å². The van der Waals surface area contributed by atoms with Gasteiger partial charge in [0.25, 0.3) is 15.9 Å². The molecular formula is C19H20N4O5S2. The highest BCUT2D eigenvalue weighted by Crippen LogP contribution is 2.21. The summed E-state index contributed by atoms with van der Waals surface area (Å²) in [6.45, 7) is 1.95. The number of sulfonamides is 1. The van der Waals surface area contributed by atoms with Crippen molar-refractivity contribution >= 4 is 32.4 Å². The molecule has 11 heteroatoms. The molecule has 9 nitrogen and oxygen atoms in total. The molecular weight excluding hydrogens is 428 g/mol. The average Bonchev–Trinajstić information content (AvgIpc) is 3.21. The molecule has 0 radical (unpaired) electrons. The van der Waals surface area contributed by atoms with E-state index in [1.807, 2.05) is 19.1 Å². The molecule has 158 valence electrons. The number of amides is 1. The molecule has 0 fully saturated rings. The predicted octanol–water partition coefficient (Wildman–Crippen LogP) is 2.46. The van der Waals surface area contributed by atoms with Crippen molar-refractivity contribution in [2.24, 2.45) is 0 Å². The second kappa shape index (κ2) is 9.65. The minimum absolute atomic E-state index is 0.0318. The number of nitrogens with one attached hydrogen (secondary N) is 2. The number of ether oxygens (including phenoxy) is 2. The highest BCUT2D eigenvalue weighted by Gasteiger charge is 2.21. The molecule has 0 saturated carbocycles. The fraction of sp³-hybridized carbons (Fsp3) is 0.211. The number of anilines is 1. The van der Waals surface area contributed by atoms with Crippen molar-refractivity contribution < 1.29 is 22.7 Å². The third-order valence-corrected chi connectivity index (χ3v) is 6.62. The molecule has 0 saturated heterocycles. The van der Waals surface area contributed by atoms with Gasteiger partial charge in [0.1, 0.15) is 18.1 Å². The molecule has 0 aliphatic rings. The second-order valence-corrected chi connectivity index (χ2v) is 8.99. The van der Waals surface area contributed by atoms with Gasteiger partial charge in [0.2, 0.25) is 9.47 Å². The highest BCUT2D eigenvalue weighted by atomic mass is 32.2. The Hall–Kier alpha value is -3.02. The van der Waals surface area contributed by atoms with Gasteiger partial charge in [-0.25, -0.2) is 13.1 Å². The van der Waals surface area contributed by atoms with Gasteiger partial charge in [0.05, 0.1) is 7.11 Å². The molecule has 0 unspecified atom stereocenters. The lowest BCUT2D eigenvalue weighted by Crippen LogP contribution is -2.28. The van der Waals surface area contributed by atoms with Crippen LogP contribution in [0.15, 0.2) is 52.9 Å². The van der Waals surface area contributed by atoms with E-state index in [1.165, 1.54) is 0 Å². The lowest BCUT2D eigenvalue weighted by molar-refractivity contribution is 0.102. The Kier molecular flexibility index (Phi) is 6.98. The topological polar surface area (TPSA) is 120 Å². The van der Waals surface area contributed by atoms with Crippen molar-refractivity contribution in [3.05, 3.63) is 59.7 Å². The number of carbonyl (C=O) groups is 1. The van der Waals surface area contributed by atoms with Crippen LogP contribution in [0.1, 0.15) is 15.9 Å². The summed E-state index contributed by atoms with van der Waals surface area (Å²) in [7, 11) is -2.33. The molecule has 30 heavy (non-hydrogen) atoms. The lowest BCUT2D eigenvalue weighted by Gasteiger charge is -2.08. The maximum Gasteiger partial charge on any atom is 0.269 e. The summed E-state index contributed by atoms with van der Waals surface area (Å²) in [5.41, 5.74) is 1.27. The van der Waals surface area contributed by atoms with Crippen LogP contribution in [0.3, 0.4) is 0 Å². The van der Waals surface area contributed by atoms with Gasteiger partial charge in [0.15, 0.2) is 0 Å². The van der Waals surface area contributed by atoms with E-state index < -0.39 is 10.0 Å². The zero-order chi connectivity index (χ0) is 21.6. The van der Waals surface area contributed by atoms with Gasteiger partial charge >= 0.3 is 0 Å². The number of hydrogen-bond acceptors (Lipinski definition) is 8. The molecule has 0 aliphatic heterocycles. The van der Waals surface area contributed by atoms with Gasteiger partial charge in [0, 0.05) is 18.2 Å². The van der Waals surface area contributed by atoms with Gasteiger partial charge in [-0.3, -0.25) is 10.1 Å². The number of aryl methyl sites for hydroxylation is 1. The fourth-order valence-electron chi connectivity index (χ4n) is 2.46. The van der Waals surface area contributed by atoms with Crippen LogP contribution < -0.4 is 19.5 Å². The zero-order valence-corrected chi connectivity index (χ0v) is 17.9. The van der Waals surface area contributed by atoms with Crippen molar-refractivity contribution in [2.75, 3.05) is 25.6 Å². The van der Waals surface area contributed by atoms with E-state index in [1.54, 1.807) is 43.5 Å². The molecule has 1 amide bonds. The highest BCUT2D eigenvalue weighted by molar-refractivity contribution is 7.91. The van der Waals surface area contributed by atoms with E-state index in [0.29, 0.717) is 17.1 Å². The average molecular weight is 449 g/mol. The normalized spacial score (nSPS) is 11.1. The molecule has 1 aromatic heterocycles. The largest absolute Gasteiger partial charge is 0.497 e. The number of carbonyl (C=O) groups excluding carboxylic acids is 1. The Morgan fingerprint density at radius 2 is 1.87 bits per heavy atom. The summed E-state index contributed by atoms with van der Waals surface area (Å²) in [6, 6.07) is 14.0. The smallest absolute Gasteiger partial charge is 0.269 e. The van der Waals surface area contributed by atoms with Crippen molar-refractivity contribution in [1.29, 1.82) is 0 Å². The molecule has 3 rings (SSSR count). The molecule has 0 bridgehead atoms. The molecule has 3 aromatic rings. The van der Waals surface area contributed by atoms with Crippen LogP contribution in [0.5, 0.6) is 11.5 Å². The van der Waals surface area contributed by atoms with Crippen molar-refractivity contribution in [3.63, 3.8) is 0 Å². The van der Waals surface area contributed by atoms with Crippen LogP contribution in [0.2, 0.25) is 0 Å². The SMILES string of the molecule is COc1cccc(OCCNS(=O)(=O)c2nnc(NC(=O)c3ccccc3C)s2)c1. The molecule has 0 spiro atoms. The first-order chi connectivity index (χ1) is 14.4. The third kappa shape index (κ3) is 5.53. The number of benzene rings is 2. The minimum Gasteiger partial charge on any atom is -0.497 e. The van der Waals surface area contributed by atoms with Gasteiger partial charge < -0.3 is 9.47 Å². The summed E-state index contributed by atoms with van der Waals surface area (Å²) < 4.78 is 37.5. The van der Waals surface area contributed by atoms with Crippen LogP contribution in [0.4, 0.5) is 5.13 Å². The molecule has 2 N–H and O–H groups in total. The number of methoxy groups -OCH3 is 1. The Labute approximate surface area is 178 Å². The zero-order valence-electron chi connectivity index (χ0n) is 16.3. The third-order valence-electron chi connectivity index (χ3n) is 3.95. The molecule has 1 heterocycles. The predicted molar refractivity (Wildman–Crippen MR) is 113 cm³/mol. The number of nitrogens with zero attached hydrogens (tertiary/aromatic N) is 2. The Balaban J connectivity index is 1.54. The van der Waals surface area contributed by atoms with E-state index >= 15 is 0 Å². The summed E-state index contributed by atoms with van der Waals surface area (Å²) >= 11 is 0.766. The Morgan fingerprint density at radius 1 is 1.10 bits per heavy atom. The summed E-state index contributed by atoms with van der Waals surface area (Å²) in [4.78, 5) is 12.3. The van der Waals surface area contributed by atoms with Crippen LogP contribution in [0.25, 0.3) is 0 Å². The van der Waals surface area contributed by atoms with Gasteiger partial charge in [-0.2, -0.15) is 0 Å². The Bertz CT molecular complexity index is 1130. The van der Waals surface area contributed by atoms with Crippen molar-refractivity contribution in [2.45, 2.75) is 11.3 Å². The van der Waals surface area contributed by atoms with E-state index in [4.69, 9.17) is 9.47 Å². The van der Waals surface area contributed by atoms with Crippen LogP contribution in [-0.4, -0.2) is 44.8 Å². The van der Waals surface area contributed by atoms with E-state index in [9.17, 15) is 13.2 Å².